The highest BCUT2D eigenvalue weighted by Gasteiger charge is 2.60. The summed E-state index contributed by atoms with van der Waals surface area (Å²) in [6.45, 7) is 8.29. The van der Waals surface area contributed by atoms with Crippen molar-refractivity contribution in [1.29, 1.82) is 0 Å². The summed E-state index contributed by atoms with van der Waals surface area (Å²) in [5.74, 6) is 0.531. The molecule has 0 bridgehead atoms. The number of carbonyl (C=O) groups is 2. The molecule has 5 nitrogen and oxygen atoms in total. The maximum absolute atomic E-state index is 12.8. The van der Waals surface area contributed by atoms with Crippen LogP contribution in [-0.2, 0) is 4.79 Å². The minimum atomic E-state index is -0.118. The first-order chi connectivity index (χ1) is 11.6. The Bertz CT molecular complexity index is 716. The molecule has 2 amide bonds. The highest BCUT2D eigenvalue weighted by molar-refractivity contribution is 6.00. The van der Waals surface area contributed by atoms with Gasteiger partial charge in [-0.2, -0.15) is 0 Å². The number of hydrogen-bond donors (Lipinski definition) is 1. The van der Waals surface area contributed by atoms with Gasteiger partial charge in [-0.1, -0.05) is 25.5 Å². The Kier molecular flexibility index (Phi) is 5.26. The number of carbonyl (C=O) groups excluding carboxylic acids is 2. The van der Waals surface area contributed by atoms with Crippen LogP contribution in [0.4, 0.5) is 5.69 Å². The van der Waals surface area contributed by atoms with Crippen LogP contribution in [0.1, 0.15) is 38.1 Å². The molecule has 0 spiro atoms. The van der Waals surface area contributed by atoms with Gasteiger partial charge in [-0.05, 0) is 43.4 Å². The fourth-order valence-corrected chi connectivity index (χ4v) is 3.26. The summed E-state index contributed by atoms with van der Waals surface area (Å²) in [4.78, 5) is 26.4. The fraction of sp³-hybridized carbons (Fsp3) is 0.500. The van der Waals surface area contributed by atoms with E-state index in [9.17, 15) is 9.59 Å². The summed E-state index contributed by atoms with van der Waals surface area (Å²) in [7, 11) is 4.94. The Hall–Kier alpha value is -2.30. The van der Waals surface area contributed by atoms with Crippen LogP contribution in [0.5, 0.6) is 5.75 Å². The molecule has 0 radical (unpaired) electrons. The third kappa shape index (κ3) is 3.86. The van der Waals surface area contributed by atoms with Gasteiger partial charge in [0, 0.05) is 19.7 Å². The van der Waals surface area contributed by atoms with Crippen molar-refractivity contribution >= 4 is 17.5 Å². The Balaban J connectivity index is 2.24. The smallest absolute Gasteiger partial charge is 0.253 e. The molecule has 136 valence electrons. The maximum Gasteiger partial charge on any atom is 0.253 e. The van der Waals surface area contributed by atoms with Crippen molar-refractivity contribution in [3.8, 4) is 5.75 Å². The number of rotatable bonds is 5. The zero-order valence-corrected chi connectivity index (χ0v) is 16.1. The number of anilines is 1. The number of ether oxygens (including phenoxy) is 1. The van der Waals surface area contributed by atoms with Crippen LogP contribution in [0.25, 0.3) is 0 Å². The lowest BCUT2D eigenvalue weighted by Crippen LogP contribution is -2.22. The van der Waals surface area contributed by atoms with Gasteiger partial charge in [0.25, 0.3) is 5.91 Å². The number of allylic oxidation sites excluding steroid dienone is 2. The Morgan fingerprint density at radius 3 is 2.40 bits per heavy atom. The highest BCUT2D eigenvalue weighted by Crippen LogP contribution is 2.59. The molecule has 2 atom stereocenters. The van der Waals surface area contributed by atoms with Gasteiger partial charge in [-0.25, -0.2) is 0 Å². The lowest BCUT2D eigenvalue weighted by molar-refractivity contribution is -0.118. The zero-order valence-electron chi connectivity index (χ0n) is 16.1. The van der Waals surface area contributed by atoms with Crippen LogP contribution in [0.3, 0.4) is 0 Å². The van der Waals surface area contributed by atoms with Gasteiger partial charge in [0.2, 0.25) is 5.91 Å². The van der Waals surface area contributed by atoms with Crippen LogP contribution in [0, 0.1) is 17.3 Å². The third-order valence-corrected chi connectivity index (χ3v) is 4.82. The molecule has 0 unspecified atom stereocenters. The first-order valence-electron chi connectivity index (χ1n) is 8.45. The maximum atomic E-state index is 12.8. The van der Waals surface area contributed by atoms with Crippen molar-refractivity contribution in [1.82, 2.24) is 4.90 Å². The van der Waals surface area contributed by atoms with Gasteiger partial charge < -0.3 is 15.0 Å². The second-order valence-electron chi connectivity index (χ2n) is 7.67. The zero-order chi connectivity index (χ0) is 18.9. The van der Waals surface area contributed by atoms with Crippen molar-refractivity contribution in [2.24, 2.45) is 17.3 Å². The average Bonchev–Trinajstić information content (AvgIpc) is 3.06. The minimum absolute atomic E-state index is 0.0414. The van der Waals surface area contributed by atoms with Crippen molar-refractivity contribution < 1.29 is 14.3 Å². The molecule has 1 saturated carbocycles. The van der Waals surface area contributed by atoms with E-state index >= 15 is 0 Å². The molecular weight excluding hydrogens is 316 g/mol. The minimum Gasteiger partial charge on any atom is -0.495 e. The molecule has 0 aromatic heterocycles. The molecule has 0 heterocycles. The van der Waals surface area contributed by atoms with E-state index in [1.54, 1.807) is 39.4 Å². The predicted molar refractivity (Wildman–Crippen MR) is 99.8 cm³/mol. The van der Waals surface area contributed by atoms with Crippen LogP contribution in [0.15, 0.2) is 29.8 Å². The Morgan fingerprint density at radius 1 is 1.24 bits per heavy atom. The number of amides is 2. The number of methoxy groups -OCH3 is 1. The van der Waals surface area contributed by atoms with Crippen molar-refractivity contribution in [3.05, 3.63) is 35.4 Å². The number of hydrogen-bond acceptors (Lipinski definition) is 3. The lowest BCUT2D eigenvalue weighted by atomic mass is 10.1. The molecule has 0 aliphatic heterocycles. The van der Waals surface area contributed by atoms with Crippen molar-refractivity contribution in [3.63, 3.8) is 0 Å². The summed E-state index contributed by atoms with van der Waals surface area (Å²) in [5.41, 5.74) is 2.19. The summed E-state index contributed by atoms with van der Waals surface area (Å²) < 4.78 is 5.33. The molecule has 1 N–H and O–H groups in total. The standard InChI is InChI=1S/C20H28N2O3/c1-12(2)10-14-17(20(14,3)4)18(23)21-15-11-13(19(24)22(5)6)8-9-16(15)25-7/h8-11,14,17H,1-7H3,(H,21,23)/t14-,17-/m0/s1. The van der Waals surface area contributed by atoms with Crippen LogP contribution in [-0.4, -0.2) is 37.9 Å². The predicted octanol–water partition coefficient (Wildman–Crippen LogP) is 3.57. The van der Waals surface area contributed by atoms with Gasteiger partial charge in [0.05, 0.1) is 18.7 Å². The molecule has 2 rings (SSSR count). The van der Waals surface area contributed by atoms with Crippen LogP contribution >= 0.6 is 0 Å². The van der Waals surface area contributed by atoms with Gasteiger partial charge in [-0.3, -0.25) is 9.59 Å². The van der Waals surface area contributed by atoms with Crippen molar-refractivity contribution in [2.75, 3.05) is 26.5 Å². The Morgan fingerprint density at radius 2 is 1.88 bits per heavy atom. The summed E-state index contributed by atoms with van der Waals surface area (Å²) in [6, 6.07) is 5.08. The molecule has 0 saturated heterocycles. The molecule has 1 aromatic carbocycles. The average molecular weight is 344 g/mol. The second-order valence-corrected chi connectivity index (χ2v) is 7.67. The quantitative estimate of drug-likeness (QED) is 0.831. The number of benzene rings is 1. The fourth-order valence-electron chi connectivity index (χ4n) is 3.26. The molecule has 1 aliphatic carbocycles. The van der Waals surface area contributed by atoms with Crippen LogP contribution in [0.2, 0.25) is 0 Å². The van der Waals surface area contributed by atoms with E-state index in [0.717, 1.165) is 0 Å². The summed E-state index contributed by atoms with van der Waals surface area (Å²) in [6.07, 6.45) is 2.16. The SMILES string of the molecule is COc1ccc(C(=O)N(C)C)cc1NC(=O)[C@@H]1[C@H](C=C(C)C)C1(C)C. The van der Waals surface area contributed by atoms with Gasteiger partial charge in [0.15, 0.2) is 0 Å². The van der Waals surface area contributed by atoms with Gasteiger partial charge in [0.1, 0.15) is 5.75 Å². The normalized spacial score (nSPS) is 20.4. The van der Waals surface area contributed by atoms with E-state index in [4.69, 9.17) is 4.74 Å². The third-order valence-electron chi connectivity index (χ3n) is 4.82. The second kappa shape index (κ2) is 6.90. The first kappa shape index (κ1) is 19.0. The van der Waals surface area contributed by atoms with Crippen LogP contribution < -0.4 is 10.1 Å². The molecule has 1 fully saturated rings. The summed E-state index contributed by atoms with van der Waals surface area (Å²) >= 11 is 0. The van der Waals surface area contributed by atoms with Crippen molar-refractivity contribution in [2.45, 2.75) is 27.7 Å². The lowest BCUT2D eigenvalue weighted by Gasteiger charge is -2.14. The topological polar surface area (TPSA) is 58.6 Å². The molecular formula is C20H28N2O3. The van der Waals surface area contributed by atoms with E-state index < -0.39 is 0 Å². The first-order valence-corrected chi connectivity index (χ1v) is 8.45. The van der Waals surface area contributed by atoms with E-state index in [1.807, 2.05) is 13.8 Å². The monoisotopic (exact) mass is 344 g/mol. The van der Waals surface area contributed by atoms with E-state index in [-0.39, 0.29) is 29.1 Å². The summed E-state index contributed by atoms with van der Waals surface area (Å²) in [5, 5.41) is 2.95. The molecule has 5 heteroatoms. The van der Waals surface area contributed by atoms with Gasteiger partial charge >= 0.3 is 0 Å². The molecule has 1 aromatic rings. The molecule has 25 heavy (non-hydrogen) atoms. The van der Waals surface area contributed by atoms with E-state index in [2.05, 4.69) is 25.2 Å². The van der Waals surface area contributed by atoms with Gasteiger partial charge in [-0.15, -0.1) is 0 Å². The Labute approximate surface area is 150 Å². The highest BCUT2D eigenvalue weighted by atomic mass is 16.5. The molecule has 1 aliphatic rings. The van der Waals surface area contributed by atoms with E-state index in [0.29, 0.717) is 17.0 Å². The number of nitrogens with one attached hydrogen (secondary N) is 1. The largest absolute Gasteiger partial charge is 0.495 e. The number of nitrogens with zero attached hydrogens (tertiary/aromatic N) is 1. The van der Waals surface area contributed by atoms with E-state index in [1.165, 1.54) is 10.5 Å².